The fraction of sp³-hybridized carbons (Fsp3) is 0.308. The zero-order valence-corrected chi connectivity index (χ0v) is 17.6. The summed E-state index contributed by atoms with van der Waals surface area (Å²) in [6.45, 7) is 0.765. The second-order valence-electron chi connectivity index (χ2n) is 8.27. The van der Waals surface area contributed by atoms with Crippen LogP contribution in [0.25, 0.3) is 0 Å². The number of carboxylic acids is 1. The molecule has 2 N–H and O–H groups in total. The van der Waals surface area contributed by atoms with Crippen molar-refractivity contribution in [2.45, 2.75) is 44.4 Å². The standard InChI is InChI=1S/C26H28N2O3/c29-26(30)18-23-16-20-12-11-19(15-22(20)17-21-8-1-2-9-24(21)23)7-3-5-13-27-25-10-4-6-14-28(25)31/h1-2,4,6,8-12,14-15,23,27H,3,5,7,13,16-18H2,(H,29,30). The van der Waals surface area contributed by atoms with Crippen LogP contribution in [0.5, 0.6) is 0 Å². The van der Waals surface area contributed by atoms with E-state index in [0.29, 0.717) is 5.82 Å². The van der Waals surface area contributed by atoms with E-state index in [1.165, 1.54) is 34.0 Å². The molecule has 2 aromatic carbocycles. The highest BCUT2D eigenvalue weighted by Gasteiger charge is 2.24. The van der Waals surface area contributed by atoms with E-state index in [0.717, 1.165) is 43.4 Å². The molecular weight excluding hydrogens is 388 g/mol. The molecule has 0 amide bonds. The molecule has 0 bridgehead atoms. The van der Waals surface area contributed by atoms with Gasteiger partial charge in [-0.2, -0.15) is 0 Å². The molecule has 5 heteroatoms. The number of rotatable bonds is 8. The smallest absolute Gasteiger partial charge is 0.303 e. The molecule has 0 spiro atoms. The lowest BCUT2D eigenvalue weighted by atomic mass is 9.89. The summed E-state index contributed by atoms with van der Waals surface area (Å²) in [5.74, 6) is -0.137. The van der Waals surface area contributed by atoms with Crippen LogP contribution < -0.4 is 10.0 Å². The molecule has 3 aromatic rings. The van der Waals surface area contributed by atoms with Crippen molar-refractivity contribution in [1.82, 2.24) is 0 Å². The maximum absolute atomic E-state index is 11.7. The third-order valence-corrected chi connectivity index (χ3v) is 6.06. The van der Waals surface area contributed by atoms with Crippen LogP contribution >= 0.6 is 0 Å². The second-order valence-corrected chi connectivity index (χ2v) is 8.27. The molecule has 5 nitrogen and oxygen atoms in total. The first-order valence-electron chi connectivity index (χ1n) is 10.9. The Morgan fingerprint density at radius 2 is 1.87 bits per heavy atom. The van der Waals surface area contributed by atoms with Crippen molar-refractivity contribution in [2.24, 2.45) is 0 Å². The van der Waals surface area contributed by atoms with Crippen LogP contribution in [-0.2, 0) is 24.1 Å². The summed E-state index contributed by atoms with van der Waals surface area (Å²) in [6.07, 6.45) is 6.29. The highest BCUT2D eigenvalue weighted by atomic mass is 16.5. The summed E-state index contributed by atoms with van der Waals surface area (Å²) >= 11 is 0. The van der Waals surface area contributed by atoms with Gasteiger partial charge in [0.15, 0.2) is 0 Å². The molecule has 31 heavy (non-hydrogen) atoms. The van der Waals surface area contributed by atoms with Gasteiger partial charge in [0, 0.05) is 6.07 Å². The molecule has 1 unspecified atom stereocenters. The van der Waals surface area contributed by atoms with E-state index in [9.17, 15) is 15.1 Å². The van der Waals surface area contributed by atoms with Gasteiger partial charge < -0.3 is 10.3 Å². The Labute approximate surface area is 183 Å². The van der Waals surface area contributed by atoms with E-state index >= 15 is 0 Å². The highest BCUT2D eigenvalue weighted by Crippen LogP contribution is 2.34. The number of hydrogen-bond donors (Lipinski definition) is 2. The van der Waals surface area contributed by atoms with Gasteiger partial charge in [-0.1, -0.05) is 48.5 Å². The van der Waals surface area contributed by atoms with Gasteiger partial charge in [0.2, 0.25) is 0 Å². The quantitative estimate of drug-likeness (QED) is 0.323. The number of pyridine rings is 1. The van der Waals surface area contributed by atoms with Crippen molar-refractivity contribution in [2.75, 3.05) is 11.9 Å². The molecule has 0 radical (unpaired) electrons. The number of carboxylic acid groups (broad SMARTS) is 1. The predicted molar refractivity (Wildman–Crippen MR) is 121 cm³/mol. The minimum absolute atomic E-state index is 0.0219. The van der Waals surface area contributed by atoms with Gasteiger partial charge in [-0.05, 0) is 71.9 Å². The maximum atomic E-state index is 11.7. The number of aromatic nitrogens is 1. The molecule has 0 saturated carbocycles. The Kier molecular flexibility index (Phi) is 6.51. The third kappa shape index (κ3) is 5.23. The number of hydrogen-bond acceptors (Lipinski definition) is 3. The van der Waals surface area contributed by atoms with E-state index in [2.05, 4.69) is 35.6 Å². The zero-order chi connectivity index (χ0) is 21.6. The number of aliphatic carboxylic acids is 1. The van der Waals surface area contributed by atoms with Gasteiger partial charge in [-0.25, -0.2) is 4.73 Å². The minimum Gasteiger partial charge on any atom is -0.711 e. The van der Waals surface area contributed by atoms with Crippen molar-refractivity contribution < 1.29 is 14.6 Å². The van der Waals surface area contributed by atoms with Crippen LogP contribution in [0.15, 0.2) is 66.9 Å². The number of aryl methyl sites for hydroxylation is 1. The fourth-order valence-electron chi connectivity index (χ4n) is 4.50. The van der Waals surface area contributed by atoms with Gasteiger partial charge in [0.05, 0.1) is 19.2 Å². The summed E-state index contributed by atoms with van der Waals surface area (Å²) in [6, 6.07) is 20.3. The largest absolute Gasteiger partial charge is 0.711 e. The molecule has 160 valence electrons. The van der Waals surface area contributed by atoms with Gasteiger partial charge in [0.25, 0.3) is 5.82 Å². The average molecular weight is 417 g/mol. The van der Waals surface area contributed by atoms with Gasteiger partial charge >= 0.3 is 5.97 Å². The minimum atomic E-state index is -0.744. The molecule has 1 atom stereocenters. The summed E-state index contributed by atoms with van der Waals surface area (Å²) < 4.78 is 0.849. The molecular formula is C26H28N2O3. The zero-order valence-electron chi connectivity index (χ0n) is 17.6. The Morgan fingerprint density at radius 3 is 2.71 bits per heavy atom. The lowest BCUT2D eigenvalue weighted by Gasteiger charge is -2.16. The lowest BCUT2D eigenvalue weighted by molar-refractivity contribution is -0.590. The molecule has 1 heterocycles. The van der Waals surface area contributed by atoms with Crippen molar-refractivity contribution in [3.8, 4) is 0 Å². The first-order chi connectivity index (χ1) is 15.1. The molecule has 0 saturated heterocycles. The number of carbonyl (C=O) groups is 1. The monoisotopic (exact) mass is 416 g/mol. The maximum Gasteiger partial charge on any atom is 0.303 e. The van der Waals surface area contributed by atoms with Gasteiger partial charge in [-0.3, -0.25) is 10.1 Å². The van der Waals surface area contributed by atoms with E-state index < -0.39 is 5.97 Å². The molecule has 1 aromatic heterocycles. The summed E-state index contributed by atoms with van der Waals surface area (Å²) in [7, 11) is 0. The SMILES string of the molecule is O=C(O)CC1Cc2ccc(CCCCNc3cccc[n+]3[O-])cc2Cc2ccccc21. The fourth-order valence-corrected chi connectivity index (χ4v) is 4.50. The van der Waals surface area contributed by atoms with E-state index in [1.807, 2.05) is 18.2 Å². The van der Waals surface area contributed by atoms with Crippen molar-refractivity contribution in [1.29, 1.82) is 0 Å². The molecule has 0 fully saturated rings. The van der Waals surface area contributed by atoms with Crippen LogP contribution in [0.1, 0.15) is 53.0 Å². The summed E-state index contributed by atoms with van der Waals surface area (Å²) in [5.41, 5.74) is 6.30. The Bertz CT molecular complexity index is 1060. The first kappa shape index (κ1) is 20.9. The number of benzene rings is 2. The normalized spacial score (nSPS) is 14.9. The van der Waals surface area contributed by atoms with Crippen LogP contribution in [0, 0.1) is 5.21 Å². The number of unbranched alkanes of at least 4 members (excludes halogenated alkanes) is 1. The molecule has 1 aliphatic carbocycles. The summed E-state index contributed by atoms with van der Waals surface area (Å²) in [5, 5.41) is 24.2. The Hall–Kier alpha value is -3.34. The van der Waals surface area contributed by atoms with E-state index in [-0.39, 0.29) is 12.3 Å². The second kappa shape index (κ2) is 9.65. The third-order valence-electron chi connectivity index (χ3n) is 6.06. The number of nitrogens with zero attached hydrogens (tertiary/aromatic N) is 1. The predicted octanol–water partition coefficient (Wildman–Crippen LogP) is 4.46. The number of nitrogens with one attached hydrogen (secondary N) is 1. The van der Waals surface area contributed by atoms with E-state index in [4.69, 9.17) is 0 Å². The van der Waals surface area contributed by atoms with Crippen molar-refractivity contribution in [3.05, 3.63) is 99.9 Å². The first-order valence-corrected chi connectivity index (χ1v) is 10.9. The van der Waals surface area contributed by atoms with E-state index in [1.54, 1.807) is 12.1 Å². The van der Waals surface area contributed by atoms with Gasteiger partial charge in [0.1, 0.15) is 0 Å². The van der Waals surface area contributed by atoms with Crippen LogP contribution in [0.2, 0.25) is 0 Å². The Balaban J connectivity index is 1.39. The van der Waals surface area contributed by atoms with Gasteiger partial charge in [-0.15, -0.1) is 0 Å². The average Bonchev–Trinajstić information content (AvgIpc) is 2.90. The van der Waals surface area contributed by atoms with Crippen molar-refractivity contribution in [3.63, 3.8) is 0 Å². The molecule has 4 rings (SSSR count). The Morgan fingerprint density at radius 1 is 1.03 bits per heavy atom. The van der Waals surface area contributed by atoms with Crippen LogP contribution in [0.4, 0.5) is 5.82 Å². The number of anilines is 1. The molecule has 0 aliphatic heterocycles. The van der Waals surface area contributed by atoms with Crippen LogP contribution in [0.3, 0.4) is 0 Å². The lowest BCUT2D eigenvalue weighted by Crippen LogP contribution is -2.30. The van der Waals surface area contributed by atoms with Crippen LogP contribution in [-0.4, -0.2) is 17.6 Å². The summed E-state index contributed by atoms with van der Waals surface area (Å²) in [4.78, 5) is 11.4. The molecule has 1 aliphatic rings. The highest BCUT2D eigenvalue weighted by molar-refractivity contribution is 5.68. The topological polar surface area (TPSA) is 76.3 Å². The van der Waals surface area contributed by atoms with Crippen molar-refractivity contribution >= 4 is 11.8 Å². The number of fused-ring (bicyclic) bond motifs is 2.